The predicted octanol–water partition coefficient (Wildman–Crippen LogP) is 1.32. The lowest BCUT2D eigenvalue weighted by Crippen LogP contribution is -2.38. The zero-order valence-corrected chi connectivity index (χ0v) is 17.4. The molecule has 3 N–H and O–H groups in total. The minimum absolute atomic E-state index is 0.101. The largest absolute Gasteiger partial charge is 0.493 e. The van der Waals surface area contributed by atoms with Gasteiger partial charge in [-0.2, -0.15) is 4.40 Å². The number of carbonyl (C=O) groups excluding carboxylic acids is 1. The van der Waals surface area contributed by atoms with Gasteiger partial charge in [-0.15, -0.1) is 0 Å². The maximum Gasteiger partial charge on any atom is 0.329 e. The standard InChI is InChI=1S/C21H25N6O3/c1-25-7-8-27-12-16(13-9-15(22)21(28)26(2)11-13)24-19(20(25)27)23-14-5-6-17(29-3)18(10-14)30-4/h5-10,12-13H,11,22H2,1-4H3,(H,23,24)/q+1. The van der Waals surface area contributed by atoms with E-state index in [-0.39, 0.29) is 17.5 Å². The Hall–Kier alpha value is -3.75. The number of nitrogens with one attached hydrogen (secondary N) is 1. The first-order chi connectivity index (χ1) is 14.4. The number of carbonyl (C=O) groups is 1. The van der Waals surface area contributed by atoms with Crippen LogP contribution in [0.15, 0.2) is 48.6 Å². The third-order valence-electron chi connectivity index (χ3n) is 5.22. The first kappa shape index (κ1) is 19.6. The number of aromatic nitrogens is 3. The van der Waals surface area contributed by atoms with Crippen LogP contribution in [0.1, 0.15) is 11.6 Å². The average Bonchev–Trinajstić information content (AvgIpc) is 3.12. The Morgan fingerprint density at radius 2 is 2.03 bits per heavy atom. The van der Waals surface area contributed by atoms with E-state index in [9.17, 15) is 4.79 Å². The number of imidazole rings is 1. The van der Waals surface area contributed by atoms with E-state index >= 15 is 0 Å². The number of nitrogens with zero attached hydrogens (tertiary/aromatic N) is 4. The highest BCUT2D eigenvalue weighted by atomic mass is 16.5. The first-order valence-electron chi connectivity index (χ1n) is 9.50. The molecule has 3 heterocycles. The Bertz CT molecular complexity index is 1150. The van der Waals surface area contributed by atoms with Crippen molar-refractivity contribution in [1.82, 2.24) is 14.3 Å². The number of fused-ring (bicyclic) bond motifs is 1. The van der Waals surface area contributed by atoms with E-state index < -0.39 is 0 Å². The van der Waals surface area contributed by atoms with E-state index in [1.165, 1.54) is 0 Å². The van der Waals surface area contributed by atoms with E-state index in [0.717, 1.165) is 17.0 Å². The van der Waals surface area contributed by atoms with Crippen molar-refractivity contribution < 1.29 is 18.8 Å². The number of amides is 1. The highest BCUT2D eigenvalue weighted by Gasteiger charge is 2.27. The Labute approximate surface area is 174 Å². The van der Waals surface area contributed by atoms with Crippen molar-refractivity contribution in [3.05, 3.63) is 54.3 Å². The van der Waals surface area contributed by atoms with Crippen LogP contribution in [0.3, 0.4) is 0 Å². The van der Waals surface area contributed by atoms with Gasteiger partial charge in [0.1, 0.15) is 18.6 Å². The van der Waals surface area contributed by atoms with Crippen molar-refractivity contribution in [2.75, 3.05) is 33.1 Å². The molecule has 4 rings (SSSR count). The van der Waals surface area contributed by atoms with Gasteiger partial charge in [-0.3, -0.25) is 4.79 Å². The van der Waals surface area contributed by atoms with Crippen LogP contribution in [0.2, 0.25) is 0 Å². The number of hydrogen-bond donors (Lipinski definition) is 2. The SMILES string of the molecule is COc1ccc(Nc2nc(C3C=C(N)C(=O)N(C)C3)cn3cc[n+](C)c23)cc1OC. The van der Waals surface area contributed by atoms with Gasteiger partial charge in [0.15, 0.2) is 11.5 Å². The fraction of sp³-hybridized carbons (Fsp3) is 0.286. The number of nitrogens with two attached hydrogens (primary N) is 1. The van der Waals surface area contributed by atoms with Gasteiger partial charge < -0.3 is 25.4 Å². The molecule has 9 nitrogen and oxygen atoms in total. The van der Waals surface area contributed by atoms with Gasteiger partial charge >= 0.3 is 5.65 Å². The summed E-state index contributed by atoms with van der Waals surface area (Å²) in [5, 5.41) is 3.39. The lowest BCUT2D eigenvalue weighted by atomic mass is 10.00. The lowest BCUT2D eigenvalue weighted by molar-refractivity contribution is -0.644. The van der Waals surface area contributed by atoms with Crippen molar-refractivity contribution in [1.29, 1.82) is 0 Å². The monoisotopic (exact) mass is 409 g/mol. The number of rotatable bonds is 5. The summed E-state index contributed by atoms with van der Waals surface area (Å²) in [6.45, 7) is 0.515. The number of hydrogen-bond acceptors (Lipinski definition) is 6. The number of anilines is 2. The lowest BCUT2D eigenvalue weighted by Gasteiger charge is -2.27. The molecule has 0 spiro atoms. The van der Waals surface area contributed by atoms with Gasteiger partial charge in [0.2, 0.25) is 5.82 Å². The third kappa shape index (κ3) is 3.38. The number of benzene rings is 1. The van der Waals surface area contributed by atoms with Gasteiger partial charge in [0.05, 0.1) is 32.7 Å². The van der Waals surface area contributed by atoms with E-state index in [2.05, 4.69) is 5.32 Å². The van der Waals surface area contributed by atoms with E-state index in [1.54, 1.807) is 32.2 Å². The van der Waals surface area contributed by atoms with Crippen LogP contribution >= 0.6 is 0 Å². The number of aryl methyl sites for hydroxylation is 1. The molecule has 1 atom stereocenters. The smallest absolute Gasteiger partial charge is 0.329 e. The molecule has 0 aliphatic carbocycles. The Balaban J connectivity index is 1.78. The molecular formula is C21H25N6O3+. The van der Waals surface area contributed by atoms with Crippen LogP contribution in [-0.4, -0.2) is 48.0 Å². The highest BCUT2D eigenvalue weighted by molar-refractivity contribution is 5.93. The van der Waals surface area contributed by atoms with Gasteiger partial charge in [0, 0.05) is 31.3 Å². The second-order valence-electron chi connectivity index (χ2n) is 7.26. The maximum absolute atomic E-state index is 12.0. The summed E-state index contributed by atoms with van der Waals surface area (Å²) >= 11 is 0. The Morgan fingerprint density at radius 3 is 2.73 bits per heavy atom. The molecule has 1 unspecified atom stereocenters. The average molecular weight is 409 g/mol. The molecule has 0 fully saturated rings. The summed E-state index contributed by atoms with van der Waals surface area (Å²) < 4.78 is 14.7. The summed E-state index contributed by atoms with van der Waals surface area (Å²) in [5.41, 5.74) is 8.68. The topological polar surface area (TPSA) is 98.0 Å². The van der Waals surface area contributed by atoms with E-state index in [1.807, 2.05) is 52.8 Å². The number of methoxy groups -OCH3 is 2. The van der Waals surface area contributed by atoms with Crippen molar-refractivity contribution in [2.24, 2.45) is 12.8 Å². The summed E-state index contributed by atoms with van der Waals surface area (Å²) in [4.78, 5) is 18.5. The van der Waals surface area contributed by atoms with Gasteiger partial charge in [0.25, 0.3) is 5.91 Å². The molecule has 0 bridgehead atoms. The van der Waals surface area contributed by atoms with Crippen LogP contribution in [0.4, 0.5) is 11.5 Å². The van der Waals surface area contributed by atoms with Crippen LogP contribution in [0.5, 0.6) is 11.5 Å². The normalized spacial score (nSPS) is 16.5. The molecular weight excluding hydrogens is 384 g/mol. The van der Waals surface area contributed by atoms with Crippen molar-refractivity contribution >= 4 is 23.1 Å². The van der Waals surface area contributed by atoms with Gasteiger partial charge in [-0.05, 0) is 18.2 Å². The van der Waals surface area contributed by atoms with Crippen LogP contribution < -0.4 is 25.1 Å². The molecule has 30 heavy (non-hydrogen) atoms. The maximum atomic E-state index is 12.0. The molecule has 2 aromatic heterocycles. The number of likely N-dealkylation sites (N-methyl/N-ethyl adjacent to an activating group) is 1. The second kappa shape index (κ2) is 7.58. The highest BCUT2D eigenvalue weighted by Crippen LogP contribution is 2.32. The zero-order chi connectivity index (χ0) is 21.4. The first-order valence-corrected chi connectivity index (χ1v) is 9.50. The zero-order valence-electron chi connectivity index (χ0n) is 17.4. The molecule has 1 aromatic carbocycles. The van der Waals surface area contributed by atoms with Crippen molar-refractivity contribution in [3.8, 4) is 11.5 Å². The molecule has 1 aliphatic heterocycles. The molecule has 1 amide bonds. The second-order valence-corrected chi connectivity index (χ2v) is 7.26. The van der Waals surface area contributed by atoms with Gasteiger partial charge in [-0.25, -0.2) is 9.55 Å². The van der Waals surface area contributed by atoms with Crippen LogP contribution in [0.25, 0.3) is 5.65 Å². The fourth-order valence-electron chi connectivity index (χ4n) is 3.67. The molecule has 9 heteroatoms. The molecule has 156 valence electrons. The summed E-state index contributed by atoms with van der Waals surface area (Å²) in [7, 11) is 6.91. The molecule has 0 saturated heterocycles. The molecule has 1 aliphatic rings. The van der Waals surface area contributed by atoms with E-state index in [4.69, 9.17) is 20.2 Å². The Morgan fingerprint density at radius 1 is 1.27 bits per heavy atom. The summed E-state index contributed by atoms with van der Waals surface area (Å²) in [6, 6.07) is 5.60. The van der Waals surface area contributed by atoms with Crippen molar-refractivity contribution in [3.63, 3.8) is 0 Å². The molecule has 0 saturated carbocycles. The minimum atomic E-state index is -0.164. The van der Waals surface area contributed by atoms with Gasteiger partial charge in [-0.1, -0.05) is 0 Å². The third-order valence-corrected chi connectivity index (χ3v) is 5.22. The van der Waals surface area contributed by atoms with E-state index in [0.29, 0.717) is 23.9 Å². The summed E-state index contributed by atoms with van der Waals surface area (Å²) in [6.07, 6.45) is 7.67. The minimum Gasteiger partial charge on any atom is -0.493 e. The van der Waals surface area contributed by atoms with Crippen molar-refractivity contribution in [2.45, 2.75) is 5.92 Å². The van der Waals surface area contributed by atoms with Crippen LogP contribution in [-0.2, 0) is 11.8 Å². The summed E-state index contributed by atoms with van der Waals surface area (Å²) in [5.74, 6) is 1.69. The molecule has 3 aromatic rings. The molecule has 0 radical (unpaired) electrons. The fourth-order valence-corrected chi connectivity index (χ4v) is 3.67. The quantitative estimate of drug-likeness (QED) is 0.617. The Kier molecular flexibility index (Phi) is 4.94. The van der Waals surface area contributed by atoms with Crippen LogP contribution in [0, 0.1) is 0 Å². The number of ether oxygens (including phenoxy) is 2. The predicted molar refractivity (Wildman–Crippen MR) is 112 cm³/mol.